The van der Waals surface area contributed by atoms with Crippen molar-refractivity contribution < 1.29 is 14.7 Å². The summed E-state index contributed by atoms with van der Waals surface area (Å²) in [6.45, 7) is 16.6. The number of Topliss-reactive ketones (excluding diaryl/α,β-unsaturated/α-hetero) is 1. The Balaban J connectivity index is 1.60. The molecule has 7 atom stereocenters. The van der Waals surface area contributed by atoms with Crippen molar-refractivity contribution in [1.29, 1.82) is 0 Å². The fraction of sp³-hybridized carbons (Fsp3) is 0.867. The third-order valence-corrected chi connectivity index (χ3v) is 12.8. The van der Waals surface area contributed by atoms with Gasteiger partial charge in [0.1, 0.15) is 5.78 Å². The number of fused-ring (bicyclic) bond motifs is 7. The highest BCUT2D eigenvalue weighted by Gasteiger charge is 2.69. The minimum Gasteiger partial charge on any atom is -0.481 e. The Bertz CT molecular complexity index is 927. The molecule has 3 nitrogen and oxygen atoms in total. The molecule has 5 aliphatic carbocycles. The number of ketones is 1. The number of hydrogen-bond acceptors (Lipinski definition) is 2. The quantitative estimate of drug-likeness (QED) is 0.419. The van der Waals surface area contributed by atoms with E-state index >= 15 is 0 Å². The minimum atomic E-state index is -0.565. The van der Waals surface area contributed by atoms with E-state index in [2.05, 4.69) is 54.5 Å². The summed E-state index contributed by atoms with van der Waals surface area (Å²) in [5, 5.41) is 10.5. The van der Waals surface area contributed by atoms with Crippen LogP contribution in [-0.2, 0) is 9.59 Å². The molecule has 0 radical (unpaired) electrons. The molecular weight excluding hydrogens is 408 g/mol. The van der Waals surface area contributed by atoms with Gasteiger partial charge >= 0.3 is 5.97 Å². The van der Waals surface area contributed by atoms with Gasteiger partial charge in [0.15, 0.2) is 0 Å². The second kappa shape index (κ2) is 6.76. The number of rotatable bonds is 1. The zero-order valence-electron chi connectivity index (χ0n) is 22.1. The van der Waals surface area contributed by atoms with Crippen LogP contribution in [0.3, 0.4) is 0 Å². The lowest BCUT2D eigenvalue weighted by Crippen LogP contribution is -2.64. The summed E-state index contributed by atoms with van der Waals surface area (Å²) in [6.07, 6.45) is 12.3. The molecule has 3 heteroatoms. The number of carboxylic acid groups (broad SMARTS) is 1. The Morgan fingerprint density at radius 2 is 1.58 bits per heavy atom. The Morgan fingerprint density at radius 3 is 2.24 bits per heavy atom. The van der Waals surface area contributed by atoms with Crippen LogP contribution in [-0.4, -0.2) is 16.9 Å². The van der Waals surface area contributed by atoms with E-state index < -0.39 is 11.4 Å². The molecule has 0 unspecified atom stereocenters. The van der Waals surface area contributed by atoms with Crippen LogP contribution in [0.15, 0.2) is 11.6 Å². The fourth-order valence-electron chi connectivity index (χ4n) is 10.4. The molecule has 0 aliphatic heterocycles. The molecular formula is C30H46O3. The van der Waals surface area contributed by atoms with Gasteiger partial charge in [-0.05, 0) is 97.2 Å². The van der Waals surface area contributed by atoms with Gasteiger partial charge in [-0.15, -0.1) is 0 Å². The highest BCUT2D eigenvalue weighted by atomic mass is 16.4. The van der Waals surface area contributed by atoms with Crippen LogP contribution in [0.1, 0.15) is 113 Å². The lowest BCUT2D eigenvalue weighted by molar-refractivity contribution is -0.189. The molecule has 4 saturated carbocycles. The zero-order valence-corrected chi connectivity index (χ0v) is 22.1. The average molecular weight is 455 g/mol. The van der Waals surface area contributed by atoms with Crippen molar-refractivity contribution in [3.8, 4) is 0 Å². The molecule has 0 aromatic rings. The van der Waals surface area contributed by atoms with Crippen LogP contribution in [0.5, 0.6) is 0 Å². The first-order chi connectivity index (χ1) is 15.1. The Morgan fingerprint density at radius 1 is 0.909 bits per heavy atom. The molecule has 33 heavy (non-hydrogen) atoms. The van der Waals surface area contributed by atoms with Crippen molar-refractivity contribution in [2.24, 2.45) is 50.2 Å². The van der Waals surface area contributed by atoms with Gasteiger partial charge in [-0.2, -0.15) is 0 Å². The predicted octanol–water partition coefficient (Wildman–Crippen LogP) is 7.44. The van der Waals surface area contributed by atoms with E-state index in [0.717, 1.165) is 57.8 Å². The van der Waals surface area contributed by atoms with E-state index in [9.17, 15) is 14.7 Å². The highest BCUT2D eigenvalue weighted by Crippen LogP contribution is 2.75. The van der Waals surface area contributed by atoms with Crippen LogP contribution in [0, 0.1) is 50.2 Å². The largest absolute Gasteiger partial charge is 0.481 e. The average Bonchev–Trinajstić information content (AvgIpc) is 2.71. The lowest BCUT2D eigenvalue weighted by Gasteiger charge is -2.70. The van der Waals surface area contributed by atoms with Crippen molar-refractivity contribution in [3.63, 3.8) is 0 Å². The third kappa shape index (κ3) is 2.80. The first kappa shape index (κ1) is 23.6. The first-order valence-electron chi connectivity index (χ1n) is 13.6. The van der Waals surface area contributed by atoms with Gasteiger partial charge < -0.3 is 5.11 Å². The van der Waals surface area contributed by atoms with E-state index in [4.69, 9.17) is 0 Å². The smallest absolute Gasteiger partial charge is 0.310 e. The van der Waals surface area contributed by atoms with Crippen molar-refractivity contribution in [3.05, 3.63) is 11.6 Å². The van der Waals surface area contributed by atoms with Crippen LogP contribution < -0.4 is 0 Å². The molecule has 0 aromatic heterocycles. The number of carboxylic acids is 1. The second-order valence-electron chi connectivity index (χ2n) is 14.8. The summed E-state index contributed by atoms with van der Waals surface area (Å²) < 4.78 is 0. The number of hydrogen-bond donors (Lipinski definition) is 1. The second-order valence-corrected chi connectivity index (χ2v) is 14.8. The molecule has 184 valence electrons. The summed E-state index contributed by atoms with van der Waals surface area (Å²) in [4.78, 5) is 25.6. The summed E-state index contributed by atoms with van der Waals surface area (Å²) in [7, 11) is 0. The molecule has 4 fully saturated rings. The van der Waals surface area contributed by atoms with Gasteiger partial charge in [0.05, 0.1) is 5.41 Å². The number of allylic oxidation sites excluding steroid dienone is 2. The molecule has 0 spiro atoms. The highest BCUT2D eigenvalue weighted by molar-refractivity contribution is 5.85. The van der Waals surface area contributed by atoms with Crippen LogP contribution >= 0.6 is 0 Å². The third-order valence-electron chi connectivity index (χ3n) is 12.8. The first-order valence-corrected chi connectivity index (χ1v) is 13.6. The Kier molecular flexibility index (Phi) is 4.83. The van der Waals surface area contributed by atoms with E-state index in [1.807, 2.05) is 0 Å². The number of carbonyl (C=O) groups is 2. The molecule has 5 rings (SSSR count). The van der Waals surface area contributed by atoms with Crippen molar-refractivity contribution in [2.75, 3.05) is 0 Å². The van der Waals surface area contributed by atoms with Crippen molar-refractivity contribution >= 4 is 11.8 Å². The molecule has 5 aliphatic rings. The van der Waals surface area contributed by atoms with Crippen LogP contribution in [0.4, 0.5) is 0 Å². The summed E-state index contributed by atoms with van der Waals surface area (Å²) in [5.41, 5.74) is 1.33. The van der Waals surface area contributed by atoms with E-state index in [1.165, 1.54) is 12.0 Å². The van der Waals surface area contributed by atoms with Gasteiger partial charge in [-0.25, -0.2) is 0 Å². The standard InChI is InChI=1S/C30H46O3/c1-25(2)14-16-30(24(32)33)17-15-28(6)19(20(30)18-25)8-9-22-27(5)12-11-23(31)26(3,4)21(27)10-13-29(22,28)7/h8,20-22H,9-18H2,1-7H3,(H,32,33)/t20-,21-,22-,27-,28+,29+,30-/m0/s1. The molecule has 0 saturated heterocycles. The fourth-order valence-corrected chi connectivity index (χ4v) is 10.4. The van der Waals surface area contributed by atoms with Gasteiger partial charge in [0.2, 0.25) is 0 Å². The monoisotopic (exact) mass is 454 g/mol. The number of carbonyl (C=O) groups excluding carboxylic acids is 1. The van der Waals surface area contributed by atoms with E-state index in [0.29, 0.717) is 17.6 Å². The maximum Gasteiger partial charge on any atom is 0.310 e. The van der Waals surface area contributed by atoms with Crippen LogP contribution in [0.25, 0.3) is 0 Å². The minimum absolute atomic E-state index is 0.0620. The summed E-state index contributed by atoms with van der Waals surface area (Å²) >= 11 is 0. The molecule has 0 heterocycles. The molecule has 0 amide bonds. The molecule has 0 aromatic carbocycles. The maximum absolute atomic E-state index is 12.9. The van der Waals surface area contributed by atoms with Gasteiger partial charge in [0, 0.05) is 11.8 Å². The number of aliphatic carboxylic acids is 1. The summed E-state index contributed by atoms with van der Waals surface area (Å²) in [5.74, 6) is 1.10. The van der Waals surface area contributed by atoms with Gasteiger partial charge in [-0.3, -0.25) is 9.59 Å². The van der Waals surface area contributed by atoms with E-state index in [1.54, 1.807) is 0 Å². The zero-order chi connectivity index (χ0) is 24.2. The van der Waals surface area contributed by atoms with Gasteiger partial charge in [0.25, 0.3) is 0 Å². The SMILES string of the molecule is CC1(C)CC[C@]2(C(=O)O)CC[C@]3(C)C(=CC[C@H]4[C@@]5(C)CCC(=O)C(C)(C)[C@@H]5CC[C@]43C)[C@@H]2C1. The Hall–Kier alpha value is -1.12. The Labute approximate surface area is 201 Å². The normalized spacial score (nSPS) is 50.2. The maximum atomic E-state index is 12.9. The van der Waals surface area contributed by atoms with E-state index in [-0.39, 0.29) is 33.0 Å². The van der Waals surface area contributed by atoms with Crippen molar-refractivity contribution in [2.45, 2.75) is 113 Å². The lowest BCUT2D eigenvalue weighted by atomic mass is 9.33. The molecule has 1 N–H and O–H groups in total. The van der Waals surface area contributed by atoms with Crippen molar-refractivity contribution in [1.82, 2.24) is 0 Å². The summed E-state index contributed by atoms with van der Waals surface area (Å²) in [6, 6.07) is 0. The van der Waals surface area contributed by atoms with Gasteiger partial charge in [-0.1, -0.05) is 60.1 Å². The molecule has 0 bridgehead atoms. The van der Waals surface area contributed by atoms with Crippen LogP contribution in [0.2, 0.25) is 0 Å². The topological polar surface area (TPSA) is 54.4 Å². The predicted molar refractivity (Wildman–Crippen MR) is 132 cm³/mol.